The molecule has 0 saturated heterocycles. The van der Waals surface area contributed by atoms with Crippen LogP contribution in [0.4, 0.5) is 0 Å². The standard InChI is InChI=1S/C23H41N5O3/c24-13-2-14-25-15-3-16-26-17-4-18-27-21(29)6-1-5-19-7-9-20(10-8-19)28-22(30)11-12-23(28)31/h11-12,19-20,25-26H,1-10,13-18,24H2,(H,27,29). The van der Waals surface area contributed by atoms with Crippen LogP contribution in [0.1, 0.15) is 64.2 Å². The minimum atomic E-state index is -0.171. The van der Waals surface area contributed by atoms with E-state index in [1.807, 2.05) is 0 Å². The first-order chi connectivity index (χ1) is 15.1. The highest BCUT2D eigenvalue weighted by atomic mass is 16.2. The summed E-state index contributed by atoms with van der Waals surface area (Å²) in [7, 11) is 0. The third-order valence-electron chi connectivity index (χ3n) is 6.16. The average Bonchev–Trinajstić information content (AvgIpc) is 3.10. The summed E-state index contributed by atoms with van der Waals surface area (Å²) in [5.41, 5.74) is 5.45. The van der Waals surface area contributed by atoms with Crippen LogP contribution in [0, 0.1) is 5.92 Å². The van der Waals surface area contributed by atoms with Crippen LogP contribution in [0.2, 0.25) is 0 Å². The van der Waals surface area contributed by atoms with E-state index in [0.717, 1.165) is 97.1 Å². The number of nitrogens with one attached hydrogen (secondary N) is 3. The Morgan fingerprint density at radius 2 is 1.45 bits per heavy atom. The van der Waals surface area contributed by atoms with Crippen LogP contribution in [-0.4, -0.2) is 67.9 Å². The summed E-state index contributed by atoms with van der Waals surface area (Å²) in [6, 6.07) is 0.0515. The molecule has 1 heterocycles. The molecule has 31 heavy (non-hydrogen) atoms. The van der Waals surface area contributed by atoms with Gasteiger partial charge in [0.2, 0.25) is 5.91 Å². The largest absolute Gasteiger partial charge is 0.356 e. The molecular formula is C23H41N5O3. The molecule has 1 aliphatic heterocycles. The van der Waals surface area contributed by atoms with E-state index in [2.05, 4.69) is 16.0 Å². The number of amides is 3. The van der Waals surface area contributed by atoms with Crippen molar-refractivity contribution in [1.29, 1.82) is 0 Å². The number of hydrogen-bond acceptors (Lipinski definition) is 6. The van der Waals surface area contributed by atoms with Gasteiger partial charge in [-0.1, -0.05) is 0 Å². The Kier molecular flexibility index (Phi) is 12.4. The number of rotatable bonds is 16. The Balaban J connectivity index is 1.39. The highest BCUT2D eigenvalue weighted by molar-refractivity contribution is 6.13. The van der Waals surface area contributed by atoms with Crippen molar-refractivity contribution >= 4 is 17.7 Å². The quantitative estimate of drug-likeness (QED) is 0.213. The number of imide groups is 1. The van der Waals surface area contributed by atoms with E-state index in [-0.39, 0.29) is 23.8 Å². The van der Waals surface area contributed by atoms with Crippen molar-refractivity contribution in [2.24, 2.45) is 11.7 Å². The van der Waals surface area contributed by atoms with Crippen molar-refractivity contribution in [3.05, 3.63) is 12.2 Å². The second-order valence-electron chi connectivity index (χ2n) is 8.65. The summed E-state index contributed by atoms with van der Waals surface area (Å²) in [6.07, 6.45) is 12.1. The highest BCUT2D eigenvalue weighted by Gasteiger charge is 2.33. The minimum Gasteiger partial charge on any atom is -0.356 e. The Morgan fingerprint density at radius 1 is 0.871 bits per heavy atom. The number of carbonyl (C=O) groups is 3. The molecule has 0 spiro atoms. The minimum absolute atomic E-state index is 0.0515. The summed E-state index contributed by atoms with van der Waals surface area (Å²) < 4.78 is 0. The van der Waals surface area contributed by atoms with Gasteiger partial charge in [-0.2, -0.15) is 0 Å². The summed E-state index contributed by atoms with van der Waals surface area (Å²) >= 11 is 0. The molecule has 0 aromatic carbocycles. The Morgan fingerprint density at radius 3 is 2.06 bits per heavy atom. The first kappa shape index (κ1) is 25.5. The van der Waals surface area contributed by atoms with Crippen molar-refractivity contribution < 1.29 is 14.4 Å². The highest BCUT2D eigenvalue weighted by Crippen LogP contribution is 2.31. The maximum Gasteiger partial charge on any atom is 0.253 e. The van der Waals surface area contributed by atoms with Gasteiger partial charge in [-0.15, -0.1) is 0 Å². The molecule has 0 aromatic heterocycles. The molecule has 8 nitrogen and oxygen atoms in total. The molecule has 2 rings (SSSR count). The predicted molar refractivity (Wildman–Crippen MR) is 122 cm³/mol. The van der Waals surface area contributed by atoms with Crippen LogP contribution < -0.4 is 21.7 Å². The van der Waals surface area contributed by atoms with Crippen molar-refractivity contribution in [3.63, 3.8) is 0 Å². The Labute approximate surface area is 186 Å². The van der Waals surface area contributed by atoms with Crippen LogP contribution >= 0.6 is 0 Å². The summed E-state index contributed by atoms with van der Waals surface area (Å²) in [4.78, 5) is 37.0. The number of nitrogens with zero attached hydrogens (tertiary/aromatic N) is 1. The molecule has 1 saturated carbocycles. The molecule has 0 aromatic rings. The van der Waals surface area contributed by atoms with Gasteiger partial charge in [0, 0.05) is 31.2 Å². The van der Waals surface area contributed by atoms with Gasteiger partial charge >= 0.3 is 0 Å². The topological polar surface area (TPSA) is 117 Å². The zero-order valence-corrected chi connectivity index (χ0v) is 18.9. The van der Waals surface area contributed by atoms with E-state index >= 15 is 0 Å². The van der Waals surface area contributed by atoms with Crippen LogP contribution in [-0.2, 0) is 14.4 Å². The first-order valence-electron chi connectivity index (χ1n) is 12.0. The fourth-order valence-electron chi connectivity index (χ4n) is 4.36. The molecule has 1 fully saturated rings. The molecule has 3 amide bonds. The Hall–Kier alpha value is -1.77. The van der Waals surface area contributed by atoms with Crippen molar-refractivity contribution in [2.75, 3.05) is 39.3 Å². The third kappa shape index (κ3) is 9.93. The zero-order valence-electron chi connectivity index (χ0n) is 18.9. The van der Waals surface area contributed by atoms with Gasteiger partial charge in [-0.25, -0.2) is 0 Å². The van der Waals surface area contributed by atoms with E-state index in [1.165, 1.54) is 17.1 Å². The van der Waals surface area contributed by atoms with Gasteiger partial charge in [0.1, 0.15) is 0 Å². The lowest BCUT2D eigenvalue weighted by atomic mass is 9.82. The molecule has 0 radical (unpaired) electrons. The van der Waals surface area contributed by atoms with E-state index < -0.39 is 0 Å². The van der Waals surface area contributed by atoms with E-state index in [4.69, 9.17) is 5.73 Å². The molecule has 176 valence electrons. The molecule has 8 heteroatoms. The average molecular weight is 436 g/mol. The van der Waals surface area contributed by atoms with Gasteiger partial charge in [0.15, 0.2) is 0 Å². The van der Waals surface area contributed by atoms with Gasteiger partial charge < -0.3 is 21.7 Å². The second kappa shape index (κ2) is 15.1. The number of hydrogen-bond donors (Lipinski definition) is 4. The molecule has 2 aliphatic rings. The summed E-state index contributed by atoms with van der Waals surface area (Å²) in [5.74, 6) is 0.391. The van der Waals surface area contributed by atoms with E-state index in [0.29, 0.717) is 12.3 Å². The summed E-state index contributed by atoms with van der Waals surface area (Å²) in [5, 5.41) is 9.76. The lowest BCUT2D eigenvalue weighted by molar-refractivity contribution is -0.140. The van der Waals surface area contributed by atoms with Gasteiger partial charge in [-0.3, -0.25) is 19.3 Å². The molecule has 1 aliphatic carbocycles. The number of nitrogens with two attached hydrogens (primary N) is 1. The summed E-state index contributed by atoms with van der Waals surface area (Å²) in [6.45, 7) is 5.37. The van der Waals surface area contributed by atoms with Crippen LogP contribution in [0.5, 0.6) is 0 Å². The first-order valence-corrected chi connectivity index (χ1v) is 12.0. The van der Waals surface area contributed by atoms with Crippen molar-refractivity contribution in [2.45, 2.75) is 70.3 Å². The lowest BCUT2D eigenvalue weighted by Gasteiger charge is -2.33. The lowest BCUT2D eigenvalue weighted by Crippen LogP contribution is -2.42. The van der Waals surface area contributed by atoms with Crippen molar-refractivity contribution in [3.8, 4) is 0 Å². The molecule has 0 bridgehead atoms. The second-order valence-corrected chi connectivity index (χ2v) is 8.65. The van der Waals surface area contributed by atoms with Gasteiger partial charge in [0.05, 0.1) is 0 Å². The SMILES string of the molecule is NCCCNCCCNCCCNC(=O)CCCC1CCC(N2C(=O)C=CC2=O)CC1. The van der Waals surface area contributed by atoms with Crippen LogP contribution in [0.15, 0.2) is 12.2 Å². The molecular weight excluding hydrogens is 394 g/mol. The predicted octanol–water partition coefficient (Wildman–Crippen LogP) is 1.06. The van der Waals surface area contributed by atoms with Gasteiger partial charge in [-0.05, 0) is 96.4 Å². The van der Waals surface area contributed by atoms with Crippen molar-refractivity contribution in [1.82, 2.24) is 20.9 Å². The van der Waals surface area contributed by atoms with Gasteiger partial charge in [0.25, 0.3) is 11.8 Å². The Bertz CT molecular complexity index is 570. The normalized spacial score (nSPS) is 21.1. The fourth-order valence-corrected chi connectivity index (χ4v) is 4.36. The zero-order chi connectivity index (χ0) is 22.3. The molecule has 5 N–H and O–H groups in total. The van der Waals surface area contributed by atoms with E-state index in [1.54, 1.807) is 0 Å². The van der Waals surface area contributed by atoms with Crippen LogP contribution in [0.3, 0.4) is 0 Å². The number of carbonyl (C=O) groups excluding carboxylic acids is 3. The maximum atomic E-state index is 12.0. The third-order valence-corrected chi connectivity index (χ3v) is 6.16. The molecule has 0 atom stereocenters. The monoisotopic (exact) mass is 435 g/mol. The smallest absolute Gasteiger partial charge is 0.253 e. The molecule has 0 unspecified atom stereocenters. The maximum absolute atomic E-state index is 12.0. The fraction of sp³-hybridized carbons (Fsp3) is 0.783. The van der Waals surface area contributed by atoms with Crippen LogP contribution in [0.25, 0.3) is 0 Å². The van der Waals surface area contributed by atoms with E-state index in [9.17, 15) is 14.4 Å².